The van der Waals surface area contributed by atoms with E-state index in [4.69, 9.17) is 17.3 Å². The fraction of sp³-hybridized carbons (Fsp3) is 0.200. The van der Waals surface area contributed by atoms with Gasteiger partial charge in [0, 0.05) is 17.5 Å². The highest BCUT2D eigenvalue weighted by atomic mass is 35.5. The van der Waals surface area contributed by atoms with Crippen LogP contribution in [0.1, 0.15) is 4.88 Å². The topological polar surface area (TPSA) is 80.9 Å². The van der Waals surface area contributed by atoms with Gasteiger partial charge < -0.3 is 5.73 Å². The number of hydrogen-bond donors (Lipinski definition) is 2. The van der Waals surface area contributed by atoms with E-state index in [-0.39, 0.29) is 5.82 Å². The van der Waals surface area contributed by atoms with Crippen LogP contribution in [0.2, 0.25) is 4.34 Å². The molecule has 0 radical (unpaired) electrons. The van der Waals surface area contributed by atoms with Crippen LogP contribution in [-0.2, 0) is 13.0 Å². The van der Waals surface area contributed by atoms with Crippen LogP contribution in [-0.4, -0.2) is 9.55 Å². The van der Waals surface area contributed by atoms with E-state index in [1.807, 2.05) is 6.07 Å². The van der Waals surface area contributed by atoms with Crippen molar-refractivity contribution in [2.24, 2.45) is 0 Å². The van der Waals surface area contributed by atoms with Gasteiger partial charge in [0.25, 0.3) is 5.56 Å². The fourth-order valence-corrected chi connectivity index (χ4v) is 2.55. The molecule has 0 atom stereocenters. The molecule has 0 amide bonds. The van der Waals surface area contributed by atoms with E-state index in [1.54, 1.807) is 6.07 Å². The Kier molecular flexibility index (Phi) is 3.35. The minimum absolute atomic E-state index is 0.168. The van der Waals surface area contributed by atoms with Crippen LogP contribution in [0.25, 0.3) is 0 Å². The first-order valence-electron chi connectivity index (χ1n) is 4.90. The number of anilines is 1. The van der Waals surface area contributed by atoms with Crippen LogP contribution in [0.4, 0.5) is 5.82 Å². The Balaban J connectivity index is 2.20. The van der Waals surface area contributed by atoms with Crippen molar-refractivity contribution >= 4 is 28.8 Å². The van der Waals surface area contributed by atoms with E-state index in [1.165, 1.54) is 22.0 Å². The molecule has 90 valence electrons. The quantitative estimate of drug-likeness (QED) is 0.876. The number of H-pyrrole nitrogens is 1. The molecule has 0 spiro atoms. The van der Waals surface area contributed by atoms with Crippen LogP contribution < -0.4 is 17.0 Å². The molecule has 2 aromatic heterocycles. The highest BCUT2D eigenvalue weighted by molar-refractivity contribution is 7.16. The molecule has 17 heavy (non-hydrogen) atoms. The highest BCUT2D eigenvalue weighted by Crippen LogP contribution is 2.21. The summed E-state index contributed by atoms with van der Waals surface area (Å²) in [7, 11) is 0. The summed E-state index contributed by atoms with van der Waals surface area (Å²) >= 11 is 7.26. The first kappa shape index (κ1) is 11.9. The monoisotopic (exact) mass is 271 g/mol. The zero-order chi connectivity index (χ0) is 12.4. The Bertz CT molecular complexity index is 643. The number of hydrogen-bond acceptors (Lipinski definition) is 4. The lowest BCUT2D eigenvalue weighted by Gasteiger charge is -2.06. The second-order valence-electron chi connectivity index (χ2n) is 3.47. The Hall–Kier alpha value is -1.53. The van der Waals surface area contributed by atoms with Gasteiger partial charge in [0.05, 0.1) is 4.34 Å². The van der Waals surface area contributed by atoms with Crippen molar-refractivity contribution in [3.63, 3.8) is 0 Å². The fourth-order valence-electron chi connectivity index (χ4n) is 1.48. The minimum atomic E-state index is -0.488. The maximum Gasteiger partial charge on any atom is 0.329 e. The Morgan fingerprint density at radius 2 is 2.18 bits per heavy atom. The summed E-state index contributed by atoms with van der Waals surface area (Å²) < 4.78 is 2.04. The van der Waals surface area contributed by atoms with Gasteiger partial charge in [-0.2, -0.15) is 0 Å². The molecule has 2 rings (SSSR count). The van der Waals surface area contributed by atoms with E-state index in [9.17, 15) is 9.59 Å². The largest absolute Gasteiger partial charge is 0.385 e. The lowest BCUT2D eigenvalue weighted by Crippen LogP contribution is -2.31. The van der Waals surface area contributed by atoms with Gasteiger partial charge in [0.1, 0.15) is 5.82 Å². The van der Waals surface area contributed by atoms with E-state index in [2.05, 4.69) is 4.98 Å². The van der Waals surface area contributed by atoms with E-state index in [0.29, 0.717) is 17.3 Å². The van der Waals surface area contributed by atoms with E-state index in [0.717, 1.165) is 4.88 Å². The van der Waals surface area contributed by atoms with Gasteiger partial charge in [0.2, 0.25) is 0 Å². The third-order valence-electron chi connectivity index (χ3n) is 2.28. The third-order valence-corrected chi connectivity index (χ3v) is 3.57. The molecule has 5 nitrogen and oxygen atoms in total. The molecule has 7 heteroatoms. The van der Waals surface area contributed by atoms with Crippen LogP contribution in [0.3, 0.4) is 0 Å². The zero-order valence-electron chi connectivity index (χ0n) is 8.77. The predicted molar refractivity (Wildman–Crippen MR) is 68.8 cm³/mol. The molecule has 0 bridgehead atoms. The molecule has 0 aliphatic rings. The molecule has 0 saturated heterocycles. The third kappa shape index (κ3) is 2.78. The van der Waals surface area contributed by atoms with Gasteiger partial charge in [0.15, 0.2) is 0 Å². The summed E-state index contributed by atoms with van der Waals surface area (Å²) in [6.07, 6.45) is 0.646. The SMILES string of the molecule is Nc1cc(=O)[nH]c(=O)n1CCc1ccc(Cl)s1. The number of aromatic amines is 1. The molecular formula is C10H10ClN3O2S. The lowest BCUT2D eigenvalue weighted by atomic mass is 10.3. The van der Waals surface area contributed by atoms with Crippen LogP contribution in [0, 0.1) is 0 Å². The van der Waals surface area contributed by atoms with Crippen molar-refractivity contribution in [1.82, 2.24) is 9.55 Å². The molecule has 2 heterocycles. The van der Waals surface area contributed by atoms with Gasteiger partial charge in [-0.15, -0.1) is 11.3 Å². The maximum absolute atomic E-state index is 11.5. The molecule has 2 aromatic rings. The number of nitrogen functional groups attached to an aromatic ring is 1. The summed E-state index contributed by atoms with van der Waals surface area (Å²) in [4.78, 5) is 25.7. The molecule has 0 fully saturated rings. The van der Waals surface area contributed by atoms with Crippen LogP contribution in [0.5, 0.6) is 0 Å². The molecule has 0 aliphatic carbocycles. The summed E-state index contributed by atoms with van der Waals surface area (Å²) in [6, 6.07) is 4.91. The van der Waals surface area contributed by atoms with Crippen molar-refractivity contribution < 1.29 is 0 Å². The first-order chi connectivity index (χ1) is 8.06. The van der Waals surface area contributed by atoms with Gasteiger partial charge in [-0.1, -0.05) is 11.6 Å². The number of thiophene rings is 1. The average Bonchev–Trinajstić information content (AvgIpc) is 2.62. The molecule has 0 aromatic carbocycles. The molecule has 0 unspecified atom stereocenters. The predicted octanol–water partition coefficient (Wildman–Crippen LogP) is 1.08. The Labute approximate surface area is 105 Å². The number of rotatable bonds is 3. The minimum Gasteiger partial charge on any atom is -0.385 e. The highest BCUT2D eigenvalue weighted by Gasteiger charge is 2.04. The van der Waals surface area contributed by atoms with Crippen molar-refractivity contribution in [1.29, 1.82) is 0 Å². The standard InChI is InChI=1S/C10H10ClN3O2S/c11-7-2-1-6(17-7)3-4-14-8(12)5-9(15)13-10(14)16/h1-2,5H,3-4,12H2,(H,13,15,16). The average molecular weight is 272 g/mol. The Morgan fingerprint density at radius 1 is 1.41 bits per heavy atom. The summed E-state index contributed by atoms with van der Waals surface area (Å²) in [5.74, 6) is 0.168. The second kappa shape index (κ2) is 4.77. The van der Waals surface area contributed by atoms with Crippen LogP contribution >= 0.6 is 22.9 Å². The second-order valence-corrected chi connectivity index (χ2v) is 5.27. The molecule has 0 aliphatic heterocycles. The van der Waals surface area contributed by atoms with Crippen LogP contribution in [0.15, 0.2) is 27.8 Å². The van der Waals surface area contributed by atoms with Gasteiger partial charge in [-0.25, -0.2) is 4.79 Å². The van der Waals surface area contributed by atoms with Crippen molar-refractivity contribution in [2.45, 2.75) is 13.0 Å². The number of nitrogens with zero attached hydrogens (tertiary/aromatic N) is 1. The smallest absolute Gasteiger partial charge is 0.329 e. The number of aromatic nitrogens is 2. The molecular weight excluding hydrogens is 262 g/mol. The van der Waals surface area contributed by atoms with E-state index >= 15 is 0 Å². The maximum atomic E-state index is 11.5. The van der Waals surface area contributed by atoms with Crippen molar-refractivity contribution in [2.75, 3.05) is 5.73 Å². The zero-order valence-corrected chi connectivity index (χ0v) is 10.3. The number of nitrogens with two attached hydrogens (primary N) is 1. The van der Waals surface area contributed by atoms with Crippen molar-refractivity contribution in [3.05, 3.63) is 48.3 Å². The lowest BCUT2D eigenvalue weighted by molar-refractivity contribution is 0.659. The first-order valence-corrected chi connectivity index (χ1v) is 6.09. The summed E-state index contributed by atoms with van der Waals surface area (Å²) in [5.41, 5.74) is 4.64. The summed E-state index contributed by atoms with van der Waals surface area (Å²) in [5, 5.41) is 0. The normalized spacial score (nSPS) is 10.6. The van der Waals surface area contributed by atoms with Gasteiger partial charge in [-0.3, -0.25) is 14.3 Å². The van der Waals surface area contributed by atoms with Gasteiger partial charge >= 0.3 is 5.69 Å². The molecule has 0 saturated carbocycles. The summed E-state index contributed by atoms with van der Waals surface area (Å²) in [6.45, 7) is 0.415. The number of aryl methyl sites for hydroxylation is 1. The molecule has 3 N–H and O–H groups in total. The number of nitrogens with one attached hydrogen (secondary N) is 1. The van der Waals surface area contributed by atoms with E-state index < -0.39 is 11.2 Å². The van der Waals surface area contributed by atoms with Crippen molar-refractivity contribution in [3.8, 4) is 0 Å². The van der Waals surface area contributed by atoms with Gasteiger partial charge in [-0.05, 0) is 18.6 Å². The number of halogens is 1. The Morgan fingerprint density at radius 3 is 2.76 bits per heavy atom.